The number of hydrogen-bond donors (Lipinski definition) is 1. The van der Waals surface area contributed by atoms with Crippen LogP contribution in [0.15, 0.2) is 0 Å². The molecular weight excluding hydrogens is 210 g/mol. The molecule has 0 aromatic heterocycles. The number of fused-ring (bicyclic) bond motifs is 1. The van der Waals surface area contributed by atoms with Crippen LogP contribution in [0.2, 0.25) is 0 Å². The molecule has 2 fully saturated rings. The first-order chi connectivity index (χ1) is 6.15. The van der Waals surface area contributed by atoms with Crippen LogP contribution >= 0.6 is 11.6 Å². The van der Waals surface area contributed by atoms with Crippen molar-refractivity contribution >= 4 is 21.4 Å². The molecule has 2 rings (SSSR count). The van der Waals surface area contributed by atoms with Gasteiger partial charge in [0.15, 0.2) is 9.84 Å². The van der Waals surface area contributed by atoms with E-state index >= 15 is 0 Å². The molecule has 0 aromatic rings. The quantitative estimate of drug-likeness (QED) is 0.549. The predicted molar refractivity (Wildman–Crippen MR) is 52.8 cm³/mol. The fraction of sp³-hybridized carbons (Fsp3) is 1.00. The highest BCUT2D eigenvalue weighted by Gasteiger charge is 2.56. The van der Waals surface area contributed by atoms with E-state index in [9.17, 15) is 8.42 Å². The minimum Gasteiger partial charge on any atom is -0.314 e. The van der Waals surface area contributed by atoms with E-state index in [1.54, 1.807) is 0 Å². The molecule has 0 spiro atoms. The van der Waals surface area contributed by atoms with Crippen LogP contribution < -0.4 is 5.32 Å². The lowest BCUT2D eigenvalue weighted by Gasteiger charge is -2.12. The van der Waals surface area contributed by atoms with E-state index in [1.165, 1.54) is 0 Å². The standard InChI is InChI=1S/C8H14ClNO2S/c9-1-2-10-4-8-7-3-6(7)5-13(8,11)12/h6-8,10H,1-5H2/t6-,7?,8?/m0/s1. The molecule has 1 saturated carbocycles. The third-order valence-electron chi connectivity index (χ3n) is 2.98. The Morgan fingerprint density at radius 2 is 2.23 bits per heavy atom. The molecule has 13 heavy (non-hydrogen) atoms. The van der Waals surface area contributed by atoms with E-state index in [0.29, 0.717) is 36.6 Å². The number of sulfone groups is 1. The van der Waals surface area contributed by atoms with Gasteiger partial charge in [-0.2, -0.15) is 0 Å². The topological polar surface area (TPSA) is 46.2 Å². The Hall–Kier alpha value is 0.200. The van der Waals surface area contributed by atoms with Crippen LogP contribution in [-0.2, 0) is 9.84 Å². The van der Waals surface area contributed by atoms with Gasteiger partial charge in [-0.25, -0.2) is 8.42 Å². The Bertz CT molecular complexity index is 291. The first kappa shape index (κ1) is 9.74. The van der Waals surface area contributed by atoms with Gasteiger partial charge in [-0.05, 0) is 18.3 Å². The van der Waals surface area contributed by atoms with E-state index in [1.807, 2.05) is 0 Å². The van der Waals surface area contributed by atoms with Crippen molar-refractivity contribution < 1.29 is 8.42 Å². The van der Waals surface area contributed by atoms with Gasteiger partial charge in [-0.15, -0.1) is 11.6 Å². The zero-order chi connectivity index (χ0) is 9.47. The van der Waals surface area contributed by atoms with Crippen LogP contribution in [0.1, 0.15) is 6.42 Å². The van der Waals surface area contributed by atoms with Gasteiger partial charge in [-0.3, -0.25) is 0 Å². The van der Waals surface area contributed by atoms with Crippen molar-refractivity contribution in [2.24, 2.45) is 11.8 Å². The van der Waals surface area contributed by atoms with Gasteiger partial charge in [0.25, 0.3) is 0 Å². The monoisotopic (exact) mass is 223 g/mol. The molecule has 1 aliphatic heterocycles. The normalized spacial score (nSPS) is 40.2. The predicted octanol–water partition coefficient (Wildman–Crippen LogP) is 0.248. The largest absolute Gasteiger partial charge is 0.314 e. The third kappa shape index (κ3) is 1.85. The maximum atomic E-state index is 11.5. The van der Waals surface area contributed by atoms with Crippen LogP contribution in [0.5, 0.6) is 0 Å². The first-order valence-electron chi connectivity index (χ1n) is 4.63. The van der Waals surface area contributed by atoms with Gasteiger partial charge in [0.2, 0.25) is 0 Å². The summed E-state index contributed by atoms with van der Waals surface area (Å²) in [4.78, 5) is 0. The summed E-state index contributed by atoms with van der Waals surface area (Å²) in [6.07, 6.45) is 1.12. The average molecular weight is 224 g/mol. The van der Waals surface area contributed by atoms with E-state index < -0.39 is 9.84 Å². The van der Waals surface area contributed by atoms with Gasteiger partial charge >= 0.3 is 0 Å². The molecule has 76 valence electrons. The highest BCUT2D eigenvalue weighted by atomic mass is 35.5. The van der Waals surface area contributed by atoms with Crippen LogP contribution in [0.4, 0.5) is 0 Å². The molecular formula is C8H14ClNO2S. The van der Waals surface area contributed by atoms with Gasteiger partial charge in [0, 0.05) is 19.0 Å². The maximum Gasteiger partial charge on any atom is 0.154 e. The molecule has 1 aliphatic carbocycles. The Kier molecular flexibility index (Phi) is 2.55. The summed E-state index contributed by atoms with van der Waals surface area (Å²) in [6.45, 7) is 1.29. The molecule has 2 unspecified atom stereocenters. The summed E-state index contributed by atoms with van der Waals surface area (Å²) in [5.41, 5.74) is 0. The SMILES string of the molecule is O=S1(=O)C[C@@H]2CC2C1CNCCCl. The van der Waals surface area contributed by atoms with E-state index in [2.05, 4.69) is 5.32 Å². The average Bonchev–Trinajstić information content (AvgIpc) is 2.71. The van der Waals surface area contributed by atoms with Crippen LogP contribution in [0.3, 0.4) is 0 Å². The lowest BCUT2D eigenvalue weighted by atomic mass is 10.2. The number of rotatable bonds is 4. The highest BCUT2D eigenvalue weighted by Crippen LogP contribution is 2.50. The van der Waals surface area contributed by atoms with E-state index in [-0.39, 0.29) is 5.25 Å². The van der Waals surface area contributed by atoms with Gasteiger partial charge in [-0.1, -0.05) is 0 Å². The fourth-order valence-electron chi connectivity index (χ4n) is 2.20. The van der Waals surface area contributed by atoms with Crippen molar-refractivity contribution in [2.75, 3.05) is 24.7 Å². The molecule has 5 heteroatoms. The number of hydrogen-bond acceptors (Lipinski definition) is 3. The Morgan fingerprint density at radius 1 is 1.46 bits per heavy atom. The summed E-state index contributed by atoms with van der Waals surface area (Å²) in [5.74, 6) is 1.90. The molecule has 3 atom stereocenters. The number of halogens is 1. The summed E-state index contributed by atoms with van der Waals surface area (Å²) < 4.78 is 23.0. The second-order valence-electron chi connectivity index (χ2n) is 3.92. The second-order valence-corrected chi connectivity index (χ2v) is 6.56. The minimum absolute atomic E-state index is 0.124. The molecule has 0 bridgehead atoms. The summed E-state index contributed by atoms with van der Waals surface area (Å²) in [5, 5.41) is 2.95. The zero-order valence-electron chi connectivity index (χ0n) is 7.37. The molecule has 1 heterocycles. The molecule has 1 saturated heterocycles. The van der Waals surface area contributed by atoms with Crippen molar-refractivity contribution in [3.63, 3.8) is 0 Å². The third-order valence-corrected chi connectivity index (χ3v) is 5.50. The fourth-order valence-corrected chi connectivity index (χ4v) is 4.79. The number of alkyl halides is 1. The lowest BCUT2D eigenvalue weighted by molar-refractivity contribution is 0.564. The second kappa shape index (κ2) is 3.41. The van der Waals surface area contributed by atoms with Gasteiger partial charge < -0.3 is 5.32 Å². The minimum atomic E-state index is -2.77. The van der Waals surface area contributed by atoms with Crippen LogP contribution in [-0.4, -0.2) is 38.4 Å². The molecule has 2 aliphatic rings. The van der Waals surface area contributed by atoms with Crippen molar-refractivity contribution in [1.82, 2.24) is 5.32 Å². The molecule has 0 aromatic carbocycles. The number of nitrogens with one attached hydrogen (secondary N) is 1. The van der Waals surface area contributed by atoms with E-state index in [0.717, 1.165) is 6.42 Å². The van der Waals surface area contributed by atoms with E-state index in [4.69, 9.17) is 11.6 Å². The molecule has 0 radical (unpaired) electrons. The van der Waals surface area contributed by atoms with Crippen molar-refractivity contribution in [3.05, 3.63) is 0 Å². The lowest BCUT2D eigenvalue weighted by Crippen LogP contribution is -2.34. The Labute approximate surface area is 83.8 Å². The maximum absolute atomic E-state index is 11.5. The molecule has 3 nitrogen and oxygen atoms in total. The summed E-state index contributed by atoms with van der Waals surface area (Å²) in [6, 6.07) is 0. The van der Waals surface area contributed by atoms with Crippen molar-refractivity contribution in [1.29, 1.82) is 0 Å². The van der Waals surface area contributed by atoms with Gasteiger partial charge in [0.1, 0.15) is 0 Å². The zero-order valence-corrected chi connectivity index (χ0v) is 8.94. The summed E-state index contributed by atoms with van der Waals surface area (Å²) >= 11 is 5.49. The van der Waals surface area contributed by atoms with Crippen LogP contribution in [0.25, 0.3) is 0 Å². The van der Waals surface area contributed by atoms with Crippen molar-refractivity contribution in [3.8, 4) is 0 Å². The summed E-state index contributed by atoms with van der Waals surface area (Å²) in [7, 11) is -2.77. The first-order valence-corrected chi connectivity index (χ1v) is 6.88. The Morgan fingerprint density at radius 3 is 2.77 bits per heavy atom. The smallest absolute Gasteiger partial charge is 0.154 e. The molecule has 1 N–H and O–H groups in total. The van der Waals surface area contributed by atoms with Crippen molar-refractivity contribution in [2.45, 2.75) is 11.7 Å². The van der Waals surface area contributed by atoms with Gasteiger partial charge in [0.05, 0.1) is 11.0 Å². The highest BCUT2D eigenvalue weighted by molar-refractivity contribution is 7.92. The molecule has 0 amide bonds. The Balaban J connectivity index is 1.90. The van der Waals surface area contributed by atoms with Crippen LogP contribution in [0, 0.1) is 11.8 Å².